The average molecular weight is 464 g/mol. The van der Waals surface area contributed by atoms with Gasteiger partial charge in [-0.1, -0.05) is 26.0 Å². The molecule has 2 atom stereocenters. The number of nitrogens with zero attached hydrogens (tertiary/aromatic N) is 1. The molecule has 1 aliphatic rings. The van der Waals surface area contributed by atoms with Gasteiger partial charge in [-0.2, -0.15) is 13.2 Å². The van der Waals surface area contributed by atoms with Crippen molar-refractivity contribution in [3.8, 4) is 5.75 Å². The molecule has 0 saturated heterocycles. The molecule has 3 aromatic rings. The van der Waals surface area contributed by atoms with Crippen molar-refractivity contribution in [3.05, 3.63) is 65.1 Å². The number of aliphatic hydroxyl groups is 2. The number of hydrogen-bond acceptors (Lipinski definition) is 5. The normalized spacial score (nSPS) is 22.2. The van der Waals surface area contributed by atoms with Crippen LogP contribution in [0.3, 0.4) is 0 Å². The fraction of sp³-hybridized carbons (Fsp3) is 0.375. The Morgan fingerprint density at radius 2 is 1.88 bits per heavy atom. The second kappa shape index (κ2) is 7.85. The number of aromatic nitrogens is 1. The van der Waals surface area contributed by atoms with Crippen LogP contribution >= 0.6 is 0 Å². The summed E-state index contributed by atoms with van der Waals surface area (Å²) in [6.45, 7) is 2.77. The van der Waals surface area contributed by atoms with Gasteiger partial charge >= 0.3 is 6.18 Å². The first kappa shape index (κ1) is 23.3. The molecular formula is C24H24F4N2O3. The van der Waals surface area contributed by atoms with E-state index >= 15 is 0 Å². The third-order valence-corrected chi connectivity index (χ3v) is 6.27. The van der Waals surface area contributed by atoms with E-state index in [0.717, 1.165) is 6.07 Å². The number of anilines is 1. The van der Waals surface area contributed by atoms with Crippen LogP contribution in [0.2, 0.25) is 0 Å². The number of rotatable bonds is 4. The van der Waals surface area contributed by atoms with Gasteiger partial charge in [-0.25, -0.2) is 4.39 Å². The molecule has 1 aromatic heterocycles. The lowest BCUT2D eigenvalue weighted by Crippen LogP contribution is -2.58. The van der Waals surface area contributed by atoms with Crippen LogP contribution in [0, 0.1) is 5.82 Å². The van der Waals surface area contributed by atoms with Gasteiger partial charge in [0.1, 0.15) is 0 Å². The summed E-state index contributed by atoms with van der Waals surface area (Å²) in [5.41, 5.74) is -2.81. The molecule has 9 heteroatoms. The Kier molecular flexibility index (Phi) is 5.53. The van der Waals surface area contributed by atoms with Gasteiger partial charge in [-0.15, -0.1) is 0 Å². The van der Waals surface area contributed by atoms with Gasteiger partial charge in [0.05, 0.1) is 31.0 Å². The highest BCUT2D eigenvalue weighted by atomic mass is 19.4. The molecule has 0 fully saturated rings. The molecule has 0 radical (unpaired) electrons. The van der Waals surface area contributed by atoms with Crippen molar-refractivity contribution in [3.63, 3.8) is 0 Å². The van der Waals surface area contributed by atoms with E-state index in [9.17, 15) is 27.8 Å². The van der Waals surface area contributed by atoms with E-state index in [1.54, 1.807) is 30.3 Å². The number of alkyl halides is 3. The van der Waals surface area contributed by atoms with E-state index in [-0.39, 0.29) is 23.5 Å². The highest BCUT2D eigenvalue weighted by Gasteiger charge is 2.64. The molecule has 3 N–H and O–H groups in total. The molecule has 2 aromatic carbocycles. The SMILES string of the molecule is COc1c(F)ccc2c1C(C)(C)CC(O)(C(F)(F)F)C2Nc1cccc2nc(CO)ccc12. The van der Waals surface area contributed by atoms with Crippen LogP contribution < -0.4 is 10.1 Å². The molecule has 0 aliphatic heterocycles. The molecule has 5 nitrogen and oxygen atoms in total. The second-order valence-electron chi connectivity index (χ2n) is 8.94. The first-order chi connectivity index (χ1) is 15.4. The number of aliphatic hydroxyl groups excluding tert-OH is 1. The maximum Gasteiger partial charge on any atom is 0.419 e. The largest absolute Gasteiger partial charge is 0.493 e. The summed E-state index contributed by atoms with van der Waals surface area (Å²) < 4.78 is 62.8. The van der Waals surface area contributed by atoms with Gasteiger partial charge in [0, 0.05) is 16.6 Å². The standard InChI is InChI=1S/C24H24F4N2O3/c1-22(2)12-23(32,24(26,27)28)21(15-9-10-16(25)20(33-3)19(15)22)30-18-6-4-5-17-14(18)8-7-13(11-31)29-17/h4-10,21,30-32H,11-12H2,1-3H3. The fourth-order valence-electron chi connectivity index (χ4n) is 4.86. The zero-order valence-electron chi connectivity index (χ0n) is 18.3. The summed E-state index contributed by atoms with van der Waals surface area (Å²) in [6.07, 6.45) is -5.68. The van der Waals surface area contributed by atoms with E-state index in [1.807, 2.05) is 0 Å². The maximum absolute atomic E-state index is 14.5. The molecule has 1 heterocycles. The van der Waals surface area contributed by atoms with Crippen LogP contribution in [-0.2, 0) is 12.0 Å². The van der Waals surface area contributed by atoms with E-state index < -0.39 is 35.5 Å². The molecule has 33 heavy (non-hydrogen) atoms. The number of nitrogens with one attached hydrogen (secondary N) is 1. The van der Waals surface area contributed by atoms with Gasteiger partial charge in [-0.05, 0) is 47.7 Å². The number of ether oxygens (including phenoxy) is 1. The molecule has 0 amide bonds. The molecule has 4 rings (SSSR count). The van der Waals surface area contributed by atoms with Crippen LogP contribution in [0.5, 0.6) is 5.75 Å². The molecule has 0 spiro atoms. The maximum atomic E-state index is 14.5. The summed E-state index contributed by atoms with van der Waals surface area (Å²) in [7, 11) is 1.26. The Morgan fingerprint density at radius 3 is 2.52 bits per heavy atom. The summed E-state index contributed by atoms with van der Waals surface area (Å²) in [6, 6.07) is 8.74. The molecule has 2 unspecified atom stereocenters. The minimum Gasteiger partial charge on any atom is -0.493 e. The highest BCUT2D eigenvalue weighted by Crippen LogP contribution is 2.56. The first-order valence-electron chi connectivity index (χ1n) is 10.3. The lowest BCUT2D eigenvalue weighted by atomic mass is 9.63. The van der Waals surface area contributed by atoms with Gasteiger partial charge in [-0.3, -0.25) is 4.98 Å². The fourth-order valence-corrected chi connectivity index (χ4v) is 4.86. The number of benzene rings is 2. The van der Waals surface area contributed by atoms with Gasteiger partial charge in [0.25, 0.3) is 0 Å². The van der Waals surface area contributed by atoms with Crippen LogP contribution in [0.25, 0.3) is 10.9 Å². The number of halogens is 4. The zero-order valence-corrected chi connectivity index (χ0v) is 18.3. The lowest BCUT2D eigenvalue weighted by molar-refractivity contribution is -0.275. The van der Waals surface area contributed by atoms with Crippen molar-refractivity contribution in [1.29, 1.82) is 0 Å². The Hall–Kier alpha value is -2.91. The predicted octanol–water partition coefficient (Wildman–Crippen LogP) is 5.00. The van der Waals surface area contributed by atoms with E-state index in [0.29, 0.717) is 22.3 Å². The van der Waals surface area contributed by atoms with Crippen molar-refractivity contribution < 1.29 is 32.5 Å². The molecule has 0 saturated carbocycles. The Morgan fingerprint density at radius 1 is 1.15 bits per heavy atom. The first-order valence-corrected chi connectivity index (χ1v) is 10.3. The monoisotopic (exact) mass is 464 g/mol. The molecule has 1 aliphatic carbocycles. The zero-order chi connectivity index (χ0) is 24.2. The number of fused-ring (bicyclic) bond motifs is 2. The summed E-state index contributed by atoms with van der Waals surface area (Å²) >= 11 is 0. The van der Waals surface area contributed by atoms with Gasteiger partial charge < -0.3 is 20.3 Å². The van der Waals surface area contributed by atoms with Crippen LogP contribution in [0.15, 0.2) is 42.5 Å². The molecule has 176 valence electrons. The minimum absolute atomic E-state index is 0.0984. The molecular weight excluding hydrogens is 440 g/mol. The van der Waals surface area contributed by atoms with Crippen molar-refractivity contribution in [2.24, 2.45) is 0 Å². The van der Waals surface area contributed by atoms with Gasteiger partial charge in [0.2, 0.25) is 0 Å². The van der Waals surface area contributed by atoms with Crippen molar-refractivity contribution >= 4 is 16.6 Å². The second-order valence-corrected chi connectivity index (χ2v) is 8.94. The molecule has 0 bridgehead atoms. The summed E-state index contributed by atoms with van der Waals surface area (Å²) in [5.74, 6) is -0.827. The van der Waals surface area contributed by atoms with E-state index in [1.165, 1.54) is 27.0 Å². The topological polar surface area (TPSA) is 74.6 Å². The van der Waals surface area contributed by atoms with Crippen molar-refractivity contribution in [1.82, 2.24) is 4.98 Å². The third-order valence-electron chi connectivity index (χ3n) is 6.27. The smallest absolute Gasteiger partial charge is 0.419 e. The number of methoxy groups -OCH3 is 1. The number of pyridine rings is 1. The Balaban J connectivity index is 1.95. The van der Waals surface area contributed by atoms with Crippen LogP contribution in [-0.4, -0.2) is 34.1 Å². The Labute approximate surface area is 188 Å². The quantitative estimate of drug-likeness (QED) is 0.474. The van der Waals surface area contributed by atoms with E-state index in [4.69, 9.17) is 4.74 Å². The third kappa shape index (κ3) is 3.69. The van der Waals surface area contributed by atoms with Crippen LogP contribution in [0.4, 0.5) is 23.2 Å². The van der Waals surface area contributed by atoms with Crippen molar-refractivity contribution in [2.45, 2.75) is 50.1 Å². The van der Waals surface area contributed by atoms with E-state index in [2.05, 4.69) is 10.3 Å². The number of hydrogen-bond donors (Lipinski definition) is 3. The van der Waals surface area contributed by atoms with Crippen LogP contribution in [0.1, 0.15) is 43.1 Å². The summed E-state index contributed by atoms with van der Waals surface area (Å²) in [4.78, 5) is 4.29. The lowest BCUT2D eigenvalue weighted by Gasteiger charge is -2.49. The van der Waals surface area contributed by atoms with Gasteiger partial charge in [0.15, 0.2) is 17.2 Å². The Bertz CT molecular complexity index is 1210. The predicted molar refractivity (Wildman–Crippen MR) is 116 cm³/mol. The van der Waals surface area contributed by atoms with Crippen molar-refractivity contribution in [2.75, 3.05) is 12.4 Å². The average Bonchev–Trinajstić information content (AvgIpc) is 2.75. The highest BCUT2D eigenvalue weighted by molar-refractivity contribution is 5.91. The minimum atomic E-state index is -4.98. The summed E-state index contributed by atoms with van der Waals surface area (Å²) in [5, 5.41) is 23.9.